The molecule has 6 nitrogen and oxygen atoms in total. The minimum Gasteiger partial charge on any atom is -0.469 e. The SMILES string of the molecule is Cc1c(NN)nc(C2CC2)nc1OC1COC1. The zero-order valence-corrected chi connectivity index (χ0v) is 9.77. The molecule has 1 aromatic rings. The first-order valence-corrected chi connectivity index (χ1v) is 5.87. The molecule has 0 amide bonds. The molecule has 0 atom stereocenters. The Balaban J connectivity index is 1.89. The fraction of sp³-hybridized carbons (Fsp3) is 0.636. The Morgan fingerprint density at radius 1 is 1.35 bits per heavy atom. The molecule has 0 aromatic carbocycles. The summed E-state index contributed by atoms with van der Waals surface area (Å²) in [6.45, 7) is 3.17. The number of hydrogen-bond acceptors (Lipinski definition) is 6. The van der Waals surface area contributed by atoms with Crippen molar-refractivity contribution in [3.63, 3.8) is 0 Å². The predicted molar refractivity (Wildman–Crippen MR) is 61.8 cm³/mol. The molecular weight excluding hydrogens is 220 g/mol. The van der Waals surface area contributed by atoms with Gasteiger partial charge in [-0.3, -0.25) is 0 Å². The second kappa shape index (κ2) is 4.12. The van der Waals surface area contributed by atoms with Crippen molar-refractivity contribution in [2.45, 2.75) is 31.8 Å². The molecule has 2 heterocycles. The minimum absolute atomic E-state index is 0.112. The third-order valence-corrected chi connectivity index (χ3v) is 3.08. The minimum atomic E-state index is 0.112. The monoisotopic (exact) mass is 236 g/mol. The van der Waals surface area contributed by atoms with E-state index < -0.39 is 0 Å². The molecule has 1 saturated heterocycles. The summed E-state index contributed by atoms with van der Waals surface area (Å²) in [7, 11) is 0. The van der Waals surface area contributed by atoms with Gasteiger partial charge in [0, 0.05) is 5.92 Å². The molecule has 1 aliphatic heterocycles. The van der Waals surface area contributed by atoms with Crippen LogP contribution in [0.1, 0.15) is 30.1 Å². The summed E-state index contributed by atoms with van der Waals surface area (Å²) >= 11 is 0. The predicted octanol–water partition coefficient (Wildman–Crippen LogP) is 0.726. The zero-order chi connectivity index (χ0) is 11.8. The highest BCUT2D eigenvalue weighted by molar-refractivity contribution is 5.48. The van der Waals surface area contributed by atoms with Gasteiger partial charge in [-0.15, -0.1) is 0 Å². The van der Waals surface area contributed by atoms with Crippen LogP contribution in [0, 0.1) is 6.92 Å². The van der Waals surface area contributed by atoms with Crippen molar-refractivity contribution in [2.24, 2.45) is 5.84 Å². The number of anilines is 1. The van der Waals surface area contributed by atoms with Crippen LogP contribution >= 0.6 is 0 Å². The van der Waals surface area contributed by atoms with Gasteiger partial charge < -0.3 is 14.9 Å². The molecule has 0 spiro atoms. The van der Waals surface area contributed by atoms with E-state index in [1.165, 1.54) is 0 Å². The van der Waals surface area contributed by atoms with Crippen LogP contribution in [0.3, 0.4) is 0 Å². The van der Waals surface area contributed by atoms with Crippen LogP contribution in [0.25, 0.3) is 0 Å². The molecule has 17 heavy (non-hydrogen) atoms. The van der Waals surface area contributed by atoms with Gasteiger partial charge in [-0.25, -0.2) is 10.8 Å². The van der Waals surface area contributed by atoms with E-state index in [4.69, 9.17) is 15.3 Å². The maximum atomic E-state index is 5.77. The number of nitrogen functional groups attached to an aromatic ring is 1. The lowest BCUT2D eigenvalue weighted by molar-refractivity contribution is -0.0816. The van der Waals surface area contributed by atoms with Crippen molar-refractivity contribution >= 4 is 5.82 Å². The Morgan fingerprint density at radius 2 is 2.12 bits per heavy atom. The topological polar surface area (TPSA) is 82.3 Å². The van der Waals surface area contributed by atoms with Crippen molar-refractivity contribution < 1.29 is 9.47 Å². The third-order valence-electron chi connectivity index (χ3n) is 3.08. The molecule has 2 aliphatic rings. The molecule has 0 unspecified atom stereocenters. The fourth-order valence-corrected chi connectivity index (χ4v) is 1.73. The number of rotatable bonds is 4. The number of hydrazine groups is 1. The number of nitrogens with two attached hydrogens (primary N) is 1. The van der Waals surface area contributed by atoms with Crippen LogP contribution in [0.2, 0.25) is 0 Å². The first-order valence-electron chi connectivity index (χ1n) is 5.87. The molecule has 1 aromatic heterocycles. The molecule has 3 rings (SSSR count). The van der Waals surface area contributed by atoms with Crippen LogP contribution in [0.5, 0.6) is 5.88 Å². The standard InChI is InChI=1S/C11H16N4O2/c1-6-9(15-12)13-10(7-2-3-7)14-11(6)17-8-4-16-5-8/h7-8H,2-5,12H2,1H3,(H,13,14,15). The van der Waals surface area contributed by atoms with Crippen molar-refractivity contribution in [1.82, 2.24) is 9.97 Å². The van der Waals surface area contributed by atoms with Gasteiger partial charge in [0.15, 0.2) is 0 Å². The highest BCUT2D eigenvalue weighted by Gasteiger charge is 2.29. The first-order chi connectivity index (χ1) is 8.28. The van der Waals surface area contributed by atoms with E-state index in [2.05, 4.69) is 15.4 Å². The summed E-state index contributed by atoms with van der Waals surface area (Å²) in [5, 5.41) is 0. The summed E-state index contributed by atoms with van der Waals surface area (Å²) < 4.78 is 10.9. The fourth-order valence-electron chi connectivity index (χ4n) is 1.73. The number of hydrogen-bond donors (Lipinski definition) is 2. The average molecular weight is 236 g/mol. The van der Waals surface area contributed by atoms with Crippen LogP contribution in [-0.2, 0) is 4.74 Å². The lowest BCUT2D eigenvalue weighted by Gasteiger charge is -2.27. The summed E-state index contributed by atoms with van der Waals surface area (Å²) in [6, 6.07) is 0. The largest absolute Gasteiger partial charge is 0.469 e. The molecular formula is C11H16N4O2. The Labute approximate surface area is 99.5 Å². The normalized spacial score (nSPS) is 19.9. The lowest BCUT2D eigenvalue weighted by atomic mass is 10.3. The van der Waals surface area contributed by atoms with E-state index in [-0.39, 0.29) is 6.10 Å². The third kappa shape index (κ3) is 2.05. The summed E-state index contributed by atoms with van der Waals surface area (Å²) in [5.74, 6) is 8.05. The quantitative estimate of drug-likeness (QED) is 0.592. The molecule has 1 saturated carbocycles. The van der Waals surface area contributed by atoms with E-state index in [9.17, 15) is 0 Å². The molecule has 2 fully saturated rings. The number of nitrogens with one attached hydrogen (secondary N) is 1. The molecule has 0 radical (unpaired) electrons. The van der Waals surface area contributed by atoms with Crippen molar-refractivity contribution in [3.8, 4) is 5.88 Å². The van der Waals surface area contributed by atoms with Crippen LogP contribution in [0.4, 0.5) is 5.82 Å². The molecule has 3 N–H and O–H groups in total. The zero-order valence-electron chi connectivity index (χ0n) is 9.77. The van der Waals surface area contributed by atoms with Gasteiger partial charge in [-0.2, -0.15) is 4.98 Å². The molecule has 6 heteroatoms. The number of aromatic nitrogens is 2. The van der Waals surface area contributed by atoms with E-state index in [0.717, 1.165) is 24.2 Å². The van der Waals surface area contributed by atoms with Gasteiger partial charge in [0.25, 0.3) is 0 Å². The van der Waals surface area contributed by atoms with Gasteiger partial charge in [-0.05, 0) is 19.8 Å². The smallest absolute Gasteiger partial charge is 0.222 e. The Bertz CT molecular complexity index is 430. The molecule has 92 valence electrons. The highest BCUT2D eigenvalue weighted by Crippen LogP contribution is 2.40. The van der Waals surface area contributed by atoms with E-state index in [0.29, 0.717) is 30.8 Å². The van der Waals surface area contributed by atoms with Crippen molar-refractivity contribution in [1.29, 1.82) is 0 Å². The lowest BCUT2D eigenvalue weighted by Crippen LogP contribution is -2.39. The van der Waals surface area contributed by atoms with Crippen LogP contribution in [-0.4, -0.2) is 29.3 Å². The Morgan fingerprint density at radius 3 is 2.65 bits per heavy atom. The summed E-state index contributed by atoms with van der Waals surface area (Å²) in [4.78, 5) is 8.89. The first kappa shape index (κ1) is 10.7. The van der Waals surface area contributed by atoms with Gasteiger partial charge in [0.05, 0.1) is 18.8 Å². The average Bonchev–Trinajstić information content (AvgIpc) is 3.09. The van der Waals surface area contributed by atoms with Crippen LogP contribution < -0.4 is 16.0 Å². The van der Waals surface area contributed by atoms with Gasteiger partial charge in [0.2, 0.25) is 5.88 Å². The summed E-state index contributed by atoms with van der Waals surface area (Å²) in [6.07, 6.45) is 2.42. The summed E-state index contributed by atoms with van der Waals surface area (Å²) in [5.41, 5.74) is 3.46. The Hall–Kier alpha value is -1.40. The number of nitrogens with zero attached hydrogens (tertiary/aromatic N) is 2. The van der Waals surface area contributed by atoms with E-state index in [1.807, 2.05) is 6.92 Å². The van der Waals surface area contributed by atoms with Crippen LogP contribution in [0.15, 0.2) is 0 Å². The maximum Gasteiger partial charge on any atom is 0.222 e. The van der Waals surface area contributed by atoms with Gasteiger partial charge >= 0.3 is 0 Å². The van der Waals surface area contributed by atoms with Crippen molar-refractivity contribution in [2.75, 3.05) is 18.6 Å². The second-order valence-electron chi connectivity index (χ2n) is 4.56. The Kier molecular flexibility index (Phi) is 2.60. The second-order valence-corrected chi connectivity index (χ2v) is 4.56. The highest BCUT2D eigenvalue weighted by atomic mass is 16.6. The molecule has 0 bridgehead atoms. The maximum absolute atomic E-state index is 5.77. The van der Waals surface area contributed by atoms with Gasteiger partial charge in [0.1, 0.15) is 17.7 Å². The van der Waals surface area contributed by atoms with Crippen molar-refractivity contribution in [3.05, 3.63) is 11.4 Å². The van der Waals surface area contributed by atoms with Gasteiger partial charge in [-0.1, -0.05) is 0 Å². The van der Waals surface area contributed by atoms with E-state index in [1.54, 1.807) is 0 Å². The van der Waals surface area contributed by atoms with E-state index >= 15 is 0 Å². The molecule has 1 aliphatic carbocycles. The number of ether oxygens (including phenoxy) is 2.